The van der Waals surface area contributed by atoms with Crippen LogP contribution in [-0.2, 0) is 14.8 Å². The molecule has 0 unspecified atom stereocenters. The summed E-state index contributed by atoms with van der Waals surface area (Å²) in [5.74, 6) is -0.206. The minimum atomic E-state index is -3.54. The molecule has 8 heteroatoms. The van der Waals surface area contributed by atoms with Gasteiger partial charge in [0.2, 0.25) is 15.9 Å². The SMILES string of the molecule is O=C(/C=C/c1c(Cl)cccc1Cl)N1CCN(S(=O)(=O)c2ccccc2)CC1. The van der Waals surface area contributed by atoms with Crippen molar-refractivity contribution in [2.75, 3.05) is 26.2 Å². The van der Waals surface area contributed by atoms with E-state index >= 15 is 0 Å². The van der Waals surface area contributed by atoms with Crippen LogP contribution < -0.4 is 0 Å². The van der Waals surface area contributed by atoms with E-state index in [4.69, 9.17) is 23.2 Å². The number of benzene rings is 2. The van der Waals surface area contributed by atoms with Gasteiger partial charge in [-0.3, -0.25) is 4.79 Å². The lowest BCUT2D eigenvalue weighted by molar-refractivity contribution is -0.127. The Kier molecular flexibility index (Phi) is 6.22. The van der Waals surface area contributed by atoms with E-state index in [1.165, 1.54) is 10.4 Å². The molecule has 0 aliphatic carbocycles. The fourth-order valence-electron chi connectivity index (χ4n) is 2.82. The molecule has 0 bridgehead atoms. The third-order valence-electron chi connectivity index (χ3n) is 4.32. The van der Waals surface area contributed by atoms with Gasteiger partial charge < -0.3 is 4.90 Å². The van der Waals surface area contributed by atoms with Crippen molar-refractivity contribution >= 4 is 45.2 Å². The molecular formula is C19H18Cl2N2O3S. The van der Waals surface area contributed by atoms with Crippen LogP contribution in [0.2, 0.25) is 10.0 Å². The highest BCUT2D eigenvalue weighted by Crippen LogP contribution is 2.25. The minimum Gasteiger partial charge on any atom is -0.337 e. The van der Waals surface area contributed by atoms with Crippen molar-refractivity contribution in [3.63, 3.8) is 0 Å². The summed E-state index contributed by atoms with van der Waals surface area (Å²) in [6.07, 6.45) is 2.99. The molecule has 0 N–H and O–H groups in total. The Morgan fingerprint density at radius 3 is 2.07 bits per heavy atom. The van der Waals surface area contributed by atoms with Gasteiger partial charge in [-0.05, 0) is 30.3 Å². The number of piperazine rings is 1. The number of halogens is 2. The fraction of sp³-hybridized carbons (Fsp3) is 0.211. The zero-order valence-electron chi connectivity index (χ0n) is 14.4. The molecule has 5 nitrogen and oxygen atoms in total. The number of hydrogen-bond donors (Lipinski definition) is 0. The molecule has 1 aliphatic rings. The molecule has 0 spiro atoms. The maximum atomic E-state index is 12.6. The Labute approximate surface area is 168 Å². The Hall–Kier alpha value is -1.86. The topological polar surface area (TPSA) is 57.7 Å². The summed E-state index contributed by atoms with van der Waals surface area (Å²) in [7, 11) is -3.54. The van der Waals surface area contributed by atoms with E-state index in [9.17, 15) is 13.2 Å². The first kappa shape index (κ1) is 19.9. The average molecular weight is 425 g/mol. The van der Waals surface area contributed by atoms with Crippen LogP contribution in [0.3, 0.4) is 0 Å². The molecule has 0 radical (unpaired) electrons. The summed E-state index contributed by atoms with van der Waals surface area (Å²) in [4.78, 5) is 14.3. The van der Waals surface area contributed by atoms with Gasteiger partial charge in [0, 0.05) is 47.9 Å². The summed E-state index contributed by atoms with van der Waals surface area (Å²) in [5, 5.41) is 0.927. The van der Waals surface area contributed by atoms with Crippen molar-refractivity contribution in [1.82, 2.24) is 9.21 Å². The van der Waals surface area contributed by atoms with Crippen molar-refractivity contribution in [3.8, 4) is 0 Å². The predicted octanol–water partition coefficient (Wildman–Crippen LogP) is 3.54. The van der Waals surface area contributed by atoms with E-state index in [1.54, 1.807) is 59.5 Å². The predicted molar refractivity (Wildman–Crippen MR) is 107 cm³/mol. The number of amides is 1. The van der Waals surface area contributed by atoms with Crippen molar-refractivity contribution < 1.29 is 13.2 Å². The van der Waals surface area contributed by atoms with E-state index < -0.39 is 10.0 Å². The second-order valence-corrected chi connectivity index (χ2v) is 8.76. The van der Waals surface area contributed by atoms with Crippen molar-refractivity contribution in [2.24, 2.45) is 0 Å². The number of carbonyl (C=O) groups excluding carboxylic acids is 1. The Balaban J connectivity index is 1.64. The number of nitrogens with zero attached hydrogens (tertiary/aromatic N) is 2. The lowest BCUT2D eigenvalue weighted by Crippen LogP contribution is -2.50. The van der Waals surface area contributed by atoms with Crippen LogP contribution in [0.15, 0.2) is 59.5 Å². The van der Waals surface area contributed by atoms with Crippen LogP contribution in [0.5, 0.6) is 0 Å². The Bertz CT molecular complexity index is 934. The van der Waals surface area contributed by atoms with Gasteiger partial charge in [-0.25, -0.2) is 8.42 Å². The third kappa shape index (κ3) is 4.52. The average Bonchev–Trinajstić information content (AvgIpc) is 2.68. The maximum absolute atomic E-state index is 12.6. The summed E-state index contributed by atoms with van der Waals surface area (Å²) in [6.45, 7) is 1.16. The summed E-state index contributed by atoms with van der Waals surface area (Å²) < 4.78 is 26.7. The second-order valence-electron chi connectivity index (χ2n) is 6.01. The van der Waals surface area contributed by atoms with Crippen LogP contribution in [0.1, 0.15) is 5.56 Å². The molecule has 3 rings (SSSR count). The van der Waals surface area contributed by atoms with E-state index in [-0.39, 0.29) is 23.9 Å². The fourth-order valence-corrected chi connectivity index (χ4v) is 4.79. The first-order valence-electron chi connectivity index (χ1n) is 8.36. The molecule has 0 saturated carbocycles. The lowest BCUT2D eigenvalue weighted by atomic mass is 10.2. The van der Waals surface area contributed by atoms with Crippen LogP contribution in [-0.4, -0.2) is 49.7 Å². The third-order valence-corrected chi connectivity index (χ3v) is 6.90. The molecule has 0 atom stereocenters. The minimum absolute atomic E-state index is 0.206. The zero-order valence-corrected chi connectivity index (χ0v) is 16.7. The largest absolute Gasteiger partial charge is 0.337 e. The molecular weight excluding hydrogens is 407 g/mol. The van der Waals surface area contributed by atoms with E-state index in [2.05, 4.69) is 0 Å². The van der Waals surface area contributed by atoms with Crippen LogP contribution in [0.25, 0.3) is 6.08 Å². The summed E-state index contributed by atoms with van der Waals surface area (Å²) >= 11 is 12.2. The first-order valence-corrected chi connectivity index (χ1v) is 10.6. The molecule has 1 fully saturated rings. The van der Waals surface area contributed by atoms with Crippen molar-refractivity contribution in [3.05, 3.63) is 70.2 Å². The monoisotopic (exact) mass is 424 g/mol. The molecule has 1 aliphatic heterocycles. The van der Waals surface area contributed by atoms with E-state index in [0.717, 1.165) is 0 Å². The zero-order chi connectivity index (χ0) is 19.4. The molecule has 0 aromatic heterocycles. The van der Waals surface area contributed by atoms with Crippen molar-refractivity contribution in [1.29, 1.82) is 0 Å². The highest BCUT2D eigenvalue weighted by Gasteiger charge is 2.29. The van der Waals surface area contributed by atoms with Gasteiger partial charge in [0.1, 0.15) is 0 Å². The van der Waals surface area contributed by atoms with Gasteiger partial charge in [-0.2, -0.15) is 4.31 Å². The van der Waals surface area contributed by atoms with Gasteiger partial charge in [-0.15, -0.1) is 0 Å². The summed E-state index contributed by atoms with van der Waals surface area (Å²) in [6, 6.07) is 13.4. The van der Waals surface area contributed by atoms with Gasteiger partial charge >= 0.3 is 0 Å². The van der Waals surface area contributed by atoms with Gasteiger partial charge in [0.15, 0.2) is 0 Å². The van der Waals surface area contributed by atoms with Gasteiger partial charge in [-0.1, -0.05) is 47.5 Å². The van der Waals surface area contributed by atoms with Crippen LogP contribution in [0.4, 0.5) is 0 Å². The highest BCUT2D eigenvalue weighted by molar-refractivity contribution is 7.89. The van der Waals surface area contributed by atoms with E-state index in [0.29, 0.717) is 28.7 Å². The number of carbonyl (C=O) groups is 1. The van der Waals surface area contributed by atoms with Crippen LogP contribution in [0, 0.1) is 0 Å². The second kappa shape index (κ2) is 8.44. The van der Waals surface area contributed by atoms with Crippen molar-refractivity contribution in [2.45, 2.75) is 4.90 Å². The van der Waals surface area contributed by atoms with E-state index in [1.807, 2.05) is 0 Å². The molecule has 1 saturated heterocycles. The molecule has 1 amide bonds. The molecule has 2 aromatic carbocycles. The maximum Gasteiger partial charge on any atom is 0.246 e. The smallest absolute Gasteiger partial charge is 0.246 e. The normalized spacial score (nSPS) is 16.0. The number of hydrogen-bond acceptors (Lipinski definition) is 3. The first-order chi connectivity index (χ1) is 12.9. The lowest BCUT2D eigenvalue weighted by Gasteiger charge is -2.33. The molecule has 142 valence electrons. The molecule has 1 heterocycles. The molecule has 2 aromatic rings. The quantitative estimate of drug-likeness (QED) is 0.705. The Morgan fingerprint density at radius 1 is 0.889 bits per heavy atom. The molecule has 27 heavy (non-hydrogen) atoms. The highest BCUT2D eigenvalue weighted by atomic mass is 35.5. The Morgan fingerprint density at radius 2 is 1.48 bits per heavy atom. The standard InChI is InChI=1S/C19H18Cl2N2O3S/c20-17-7-4-8-18(21)16(17)9-10-19(24)22-11-13-23(14-12-22)27(25,26)15-5-2-1-3-6-15/h1-10H,11-14H2/b10-9+. The van der Waals surface area contributed by atoms with Crippen LogP contribution >= 0.6 is 23.2 Å². The van der Waals surface area contributed by atoms with Gasteiger partial charge in [0.25, 0.3) is 0 Å². The number of rotatable bonds is 4. The van der Waals surface area contributed by atoms with Gasteiger partial charge in [0.05, 0.1) is 4.90 Å². The number of sulfonamides is 1. The summed E-state index contributed by atoms with van der Waals surface area (Å²) in [5.41, 5.74) is 0.583.